The predicted molar refractivity (Wildman–Crippen MR) is 148 cm³/mol. The Morgan fingerprint density at radius 1 is 1.13 bits per heavy atom. The van der Waals surface area contributed by atoms with Crippen LogP contribution in [0.15, 0.2) is 12.0 Å². The molecule has 0 radical (unpaired) electrons. The summed E-state index contributed by atoms with van der Waals surface area (Å²) in [6.45, 7) is 3.98. The van der Waals surface area contributed by atoms with E-state index in [1.807, 2.05) is 11.8 Å². The number of fused-ring (bicyclic) bond motifs is 1. The molecule has 0 aromatic rings. The first-order valence-electron chi connectivity index (χ1n) is 14.7. The summed E-state index contributed by atoms with van der Waals surface area (Å²) in [6.07, 6.45) is 7.18. The molecule has 0 aromatic heterocycles. The molecule has 8 unspecified atom stereocenters. The topological polar surface area (TPSA) is 153 Å². The SMILES string of the molecule is NC(=O)C1NCC(N[C@H]2CCCC[C@H]2N)CC1NC1CC(C2COC3C(=O)C=C(N4CCOCC4)OC32)CS1. The highest BCUT2D eigenvalue weighted by atomic mass is 32.2. The van der Waals surface area contributed by atoms with Crippen LogP contribution in [-0.2, 0) is 23.8 Å². The Kier molecular flexibility index (Phi) is 8.69. The lowest BCUT2D eigenvalue weighted by Gasteiger charge is -2.41. The highest BCUT2D eigenvalue weighted by Crippen LogP contribution is 2.43. The molecule has 12 heteroatoms. The zero-order valence-electron chi connectivity index (χ0n) is 22.6. The maximum atomic E-state index is 12.9. The molecule has 5 fully saturated rings. The number of carbonyl (C=O) groups is 2. The van der Waals surface area contributed by atoms with Gasteiger partial charge in [0.1, 0.15) is 12.1 Å². The molecule has 1 saturated carbocycles. The Bertz CT molecular complexity index is 934. The van der Waals surface area contributed by atoms with E-state index in [-0.39, 0.29) is 47.2 Å². The van der Waals surface area contributed by atoms with Crippen LogP contribution in [0, 0.1) is 11.8 Å². The van der Waals surface area contributed by atoms with E-state index < -0.39 is 12.1 Å². The number of hydrogen-bond donors (Lipinski definition) is 5. The molecule has 10 atom stereocenters. The molecule has 11 nitrogen and oxygen atoms in total. The summed E-state index contributed by atoms with van der Waals surface area (Å²) in [5.74, 6) is 1.82. The molecule has 5 heterocycles. The van der Waals surface area contributed by atoms with Crippen LogP contribution in [-0.4, -0.2) is 110 Å². The van der Waals surface area contributed by atoms with Gasteiger partial charge in [0, 0.05) is 55.8 Å². The second-order valence-electron chi connectivity index (χ2n) is 12.0. The van der Waals surface area contributed by atoms with Crippen molar-refractivity contribution in [3.8, 4) is 0 Å². The number of nitrogens with two attached hydrogens (primary N) is 2. The summed E-state index contributed by atoms with van der Waals surface area (Å²) in [6, 6.07) is 0.301. The van der Waals surface area contributed by atoms with Crippen LogP contribution in [0.4, 0.5) is 0 Å². The number of ketones is 1. The van der Waals surface area contributed by atoms with Crippen LogP contribution in [0.1, 0.15) is 38.5 Å². The van der Waals surface area contributed by atoms with E-state index in [0.29, 0.717) is 44.2 Å². The average molecular weight is 565 g/mol. The van der Waals surface area contributed by atoms with Crippen molar-refractivity contribution >= 4 is 23.5 Å². The van der Waals surface area contributed by atoms with Gasteiger partial charge in [-0.3, -0.25) is 9.59 Å². The minimum Gasteiger partial charge on any atom is -0.472 e. The van der Waals surface area contributed by atoms with Gasteiger partial charge in [0.15, 0.2) is 17.8 Å². The van der Waals surface area contributed by atoms with E-state index in [0.717, 1.165) is 44.5 Å². The molecule has 6 rings (SSSR count). The summed E-state index contributed by atoms with van der Waals surface area (Å²) in [7, 11) is 0. The number of piperidine rings is 1. The van der Waals surface area contributed by atoms with Crippen molar-refractivity contribution in [2.45, 2.75) is 86.3 Å². The normalized spacial score (nSPS) is 43.1. The molecular formula is C27H44N6O5S. The van der Waals surface area contributed by atoms with E-state index in [1.165, 1.54) is 12.8 Å². The number of rotatable bonds is 7. The molecule has 0 bridgehead atoms. The van der Waals surface area contributed by atoms with Crippen LogP contribution >= 0.6 is 11.8 Å². The molecular weight excluding hydrogens is 520 g/mol. The van der Waals surface area contributed by atoms with Crippen LogP contribution in [0.3, 0.4) is 0 Å². The first-order valence-corrected chi connectivity index (χ1v) is 15.8. The Labute approximate surface area is 234 Å². The highest BCUT2D eigenvalue weighted by molar-refractivity contribution is 8.00. The number of thioether (sulfide) groups is 1. The van der Waals surface area contributed by atoms with Gasteiger partial charge in [-0.05, 0) is 37.4 Å². The van der Waals surface area contributed by atoms with E-state index in [9.17, 15) is 9.59 Å². The molecule has 0 aromatic carbocycles. The Hall–Kier alpha value is -1.41. The number of morpholine rings is 1. The zero-order chi connectivity index (χ0) is 26.9. The average Bonchev–Trinajstić information content (AvgIpc) is 3.58. The lowest BCUT2D eigenvalue weighted by Crippen LogP contribution is -2.66. The van der Waals surface area contributed by atoms with Gasteiger partial charge in [0.25, 0.3) is 0 Å². The maximum absolute atomic E-state index is 12.9. The molecule has 1 aliphatic carbocycles. The summed E-state index contributed by atoms with van der Waals surface area (Å²) >= 11 is 1.88. The molecule has 4 saturated heterocycles. The van der Waals surface area contributed by atoms with Gasteiger partial charge in [-0.15, -0.1) is 11.8 Å². The van der Waals surface area contributed by atoms with Crippen molar-refractivity contribution in [2.75, 3.05) is 45.2 Å². The smallest absolute Gasteiger partial charge is 0.236 e. The van der Waals surface area contributed by atoms with Gasteiger partial charge in [-0.2, -0.15) is 0 Å². The Morgan fingerprint density at radius 3 is 2.74 bits per heavy atom. The number of hydrogen-bond acceptors (Lipinski definition) is 11. The fourth-order valence-corrected chi connectivity index (χ4v) is 8.77. The number of ether oxygens (including phenoxy) is 3. The van der Waals surface area contributed by atoms with Gasteiger partial charge >= 0.3 is 0 Å². The minimum atomic E-state index is -0.517. The van der Waals surface area contributed by atoms with Crippen LogP contribution in [0.5, 0.6) is 0 Å². The molecule has 6 aliphatic rings. The van der Waals surface area contributed by atoms with Crippen LogP contribution in [0.2, 0.25) is 0 Å². The van der Waals surface area contributed by atoms with E-state index in [4.69, 9.17) is 25.7 Å². The Balaban J connectivity index is 1.06. The monoisotopic (exact) mass is 564 g/mol. The lowest BCUT2D eigenvalue weighted by molar-refractivity contribution is -0.133. The van der Waals surface area contributed by atoms with E-state index >= 15 is 0 Å². The van der Waals surface area contributed by atoms with Gasteiger partial charge in [-0.1, -0.05) is 12.8 Å². The van der Waals surface area contributed by atoms with E-state index in [2.05, 4.69) is 20.9 Å². The molecule has 1 amide bonds. The first-order chi connectivity index (χ1) is 19.0. The molecule has 39 heavy (non-hydrogen) atoms. The third-order valence-corrected chi connectivity index (χ3v) is 10.8. The first kappa shape index (κ1) is 27.7. The van der Waals surface area contributed by atoms with Crippen molar-refractivity contribution in [1.29, 1.82) is 0 Å². The quantitative estimate of drug-likeness (QED) is 0.266. The molecule has 218 valence electrons. The third-order valence-electron chi connectivity index (χ3n) is 9.45. The van der Waals surface area contributed by atoms with Crippen molar-refractivity contribution in [1.82, 2.24) is 20.9 Å². The highest BCUT2D eigenvalue weighted by Gasteiger charge is 2.51. The molecule has 5 aliphatic heterocycles. The lowest BCUT2D eigenvalue weighted by atomic mass is 9.85. The summed E-state index contributed by atoms with van der Waals surface area (Å²) in [5, 5.41) is 11.1. The van der Waals surface area contributed by atoms with Crippen molar-refractivity contribution < 1.29 is 23.8 Å². The van der Waals surface area contributed by atoms with Gasteiger partial charge in [0.2, 0.25) is 5.91 Å². The molecule has 0 spiro atoms. The fraction of sp³-hybridized carbons (Fsp3) is 0.852. The summed E-state index contributed by atoms with van der Waals surface area (Å²) in [4.78, 5) is 27.3. The number of amides is 1. The van der Waals surface area contributed by atoms with Crippen molar-refractivity contribution in [3.05, 3.63) is 12.0 Å². The van der Waals surface area contributed by atoms with Crippen molar-refractivity contribution in [2.24, 2.45) is 23.3 Å². The Morgan fingerprint density at radius 2 is 1.95 bits per heavy atom. The summed E-state index contributed by atoms with van der Waals surface area (Å²) < 4.78 is 17.9. The second kappa shape index (κ2) is 12.2. The second-order valence-corrected chi connectivity index (χ2v) is 13.3. The summed E-state index contributed by atoms with van der Waals surface area (Å²) in [5.41, 5.74) is 12.2. The largest absolute Gasteiger partial charge is 0.472 e. The van der Waals surface area contributed by atoms with Gasteiger partial charge in [-0.25, -0.2) is 0 Å². The number of carbonyl (C=O) groups excluding carboxylic acids is 2. The minimum absolute atomic E-state index is 0.00405. The fourth-order valence-electron chi connectivity index (χ4n) is 7.25. The van der Waals surface area contributed by atoms with Crippen LogP contribution < -0.4 is 27.4 Å². The van der Waals surface area contributed by atoms with E-state index in [1.54, 1.807) is 6.08 Å². The maximum Gasteiger partial charge on any atom is 0.236 e. The van der Waals surface area contributed by atoms with Gasteiger partial charge < -0.3 is 46.5 Å². The zero-order valence-corrected chi connectivity index (χ0v) is 23.4. The standard InChI is InChI=1S/C27H44N6O5S/c28-18-3-1-2-4-19(18)31-16-10-20(24(27(29)35)30-12-16)32-22-9-15(14-39-22)17-13-37-26-21(34)11-23(38-25(17)26)33-5-7-36-8-6-33/h11,15-20,22,24-26,30-32H,1-10,12-14,28H2,(H2,29,35)/t15?,16?,17?,18-,19+,20?,22?,24?,25?,26?/m1/s1. The van der Waals surface area contributed by atoms with Gasteiger partial charge in [0.05, 0.1) is 25.2 Å². The third kappa shape index (κ3) is 6.12. The predicted octanol–water partition coefficient (Wildman–Crippen LogP) is -0.744. The van der Waals surface area contributed by atoms with Crippen molar-refractivity contribution in [3.63, 3.8) is 0 Å². The molecule has 7 N–H and O–H groups in total. The number of primary amides is 1. The van der Waals surface area contributed by atoms with Crippen LogP contribution in [0.25, 0.3) is 0 Å². The number of nitrogens with one attached hydrogen (secondary N) is 3. The number of nitrogens with zero attached hydrogens (tertiary/aromatic N) is 1.